The molecule has 1 fully saturated rings. The minimum atomic E-state index is 0.177. The molecule has 0 bridgehead atoms. The molecule has 1 saturated heterocycles. The molecular weight excluding hydrogens is 282 g/mol. The van der Waals surface area contributed by atoms with E-state index in [0.29, 0.717) is 0 Å². The minimum absolute atomic E-state index is 0.177. The maximum absolute atomic E-state index is 5.87. The number of nitrogens with zero attached hydrogens (tertiary/aromatic N) is 7. The highest BCUT2D eigenvalue weighted by atomic mass is 16.5. The summed E-state index contributed by atoms with van der Waals surface area (Å²) in [6, 6.07) is 3.85. The Bertz CT molecular complexity index is 548. The zero-order chi connectivity index (χ0) is 15.2. The van der Waals surface area contributed by atoms with Crippen LogP contribution in [0.5, 0.6) is 0 Å². The zero-order valence-electron chi connectivity index (χ0n) is 12.7. The number of ether oxygens (including phenoxy) is 1. The first-order valence-corrected chi connectivity index (χ1v) is 7.46. The zero-order valence-corrected chi connectivity index (χ0v) is 12.7. The molecule has 0 unspecified atom stereocenters. The Morgan fingerprint density at radius 3 is 3.14 bits per heavy atom. The van der Waals surface area contributed by atoms with Crippen LogP contribution < -0.4 is 4.90 Å². The smallest absolute Gasteiger partial charge is 0.151 e. The molecule has 0 radical (unpaired) electrons. The Labute approximate surface area is 129 Å². The van der Waals surface area contributed by atoms with Gasteiger partial charge in [0.2, 0.25) is 0 Å². The second kappa shape index (κ2) is 7.28. The first-order chi connectivity index (χ1) is 10.8. The number of rotatable bonds is 6. The van der Waals surface area contributed by atoms with Crippen LogP contribution in [0.1, 0.15) is 0 Å². The van der Waals surface area contributed by atoms with Gasteiger partial charge >= 0.3 is 0 Å². The van der Waals surface area contributed by atoms with E-state index in [9.17, 15) is 0 Å². The van der Waals surface area contributed by atoms with Crippen molar-refractivity contribution in [3.63, 3.8) is 0 Å². The molecule has 1 atom stereocenters. The lowest BCUT2D eigenvalue weighted by Gasteiger charge is -2.34. The van der Waals surface area contributed by atoms with Crippen LogP contribution in [0.4, 0.5) is 5.82 Å². The normalized spacial score (nSPS) is 19.2. The van der Waals surface area contributed by atoms with E-state index in [2.05, 4.69) is 30.1 Å². The highest BCUT2D eigenvalue weighted by Gasteiger charge is 2.22. The Morgan fingerprint density at radius 1 is 1.41 bits per heavy atom. The van der Waals surface area contributed by atoms with Gasteiger partial charge in [0.1, 0.15) is 12.7 Å². The summed E-state index contributed by atoms with van der Waals surface area (Å²) in [7, 11) is 2.02. The molecule has 3 heterocycles. The van der Waals surface area contributed by atoms with Crippen LogP contribution in [-0.2, 0) is 11.3 Å². The van der Waals surface area contributed by atoms with Crippen LogP contribution in [-0.4, -0.2) is 75.8 Å². The SMILES string of the molecule is CN(C[C@@H]1CN(CCn2cncn2)CCO1)c1cccnn1. The molecule has 1 aliphatic rings. The molecule has 22 heavy (non-hydrogen) atoms. The fourth-order valence-corrected chi connectivity index (χ4v) is 2.58. The fraction of sp³-hybridized carbons (Fsp3) is 0.571. The lowest BCUT2D eigenvalue weighted by atomic mass is 10.2. The minimum Gasteiger partial charge on any atom is -0.374 e. The van der Waals surface area contributed by atoms with E-state index in [4.69, 9.17) is 4.74 Å². The molecule has 0 N–H and O–H groups in total. The summed E-state index contributed by atoms with van der Waals surface area (Å²) in [5.41, 5.74) is 0. The van der Waals surface area contributed by atoms with Gasteiger partial charge in [-0.05, 0) is 12.1 Å². The highest BCUT2D eigenvalue weighted by Crippen LogP contribution is 2.11. The Morgan fingerprint density at radius 2 is 2.36 bits per heavy atom. The van der Waals surface area contributed by atoms with Crippen molar-refractivity contribution >= 4 is 5.82 Å². The molecule has 0 saturated carbocycles. The summed E-state index contributed by atoms with van der Waals surface area (Å²) in [4.78, 5) is 8.45. The highest BCUT2D eigenvalue weighted by molar-refractivity contribution is 5.35. The first kappa shape index (κ1) is 14.9. The summed E-state index contributed by atoms with van der Waals surface area (Å²) in [6.45, 7) is 5.25. The Balaban J connectivity index is 1.48. The van der Waals surface area contributed by atoms with Gasteiger partial charge < -0.3 is 9.64 Å². The molecule has 2 aromatic rings. The monoisotopic (exact) mass is 303 g/mol. The van der Waals surface area contributed by atoms with E-state index in [1.54, 1.807) is 18.9 Å². The average Bonchev–Trinajstić information content (AvgIpc) is 3.08. The summed E-state index contributed by atoms with van der Waals surface area (Å²) in [6.07, 6.45) is 5.18. The topological polar surface area (TPSA) is 72.2 Å². The van der Waals surface area contributed by atoms with E-state index < -0.39 is 0 Å². The van der Waals surface area contributed by atoms with Gasteiger partial charge in [-0.3, -0.25) is 9.58 Å². The summed E-state index contributed by atoms with van der Waals surface area (Å²) in [5.74, 6) is 0.867. The third-order valence-electron chi connectivity index (χ3n) is 3.76. The number of anilines is 1. The van der Waals surface area contributed by atoms with E-state index in [1.165, 1.54) is 0 Å². The van der Waals surface area contributed by atoms with Gasteiger partial charge in [-0.1, -0.05) is 0 Å². The van der Waals surface area contributed by atoms with Crippen molar-refractivity contribution in [1.29, 1.82) is 0 Å². The number of hydrogen-bond donors (Lipinski definition) is 0. The van der Waals surface area contributed by atoms with Crippen molar-refractivity contribution < 1.29 is 4.74 Å². The molecule has 3 rings (SSSR count). The van der Waals surface area contributed by atoms with Crippen molar-refractivity contribution in [1.82, 2.24) is 29.9 Å². The van der Waals surface area contributed by atoms with Gasteiger partial charge in [-0.15, -0.1) is 5.10 Å². The molecule has 1 aliphatic heterocycles. The fourth-order valence-electron chi connectivity index (χ4n) is 2.58. The number of hydrogen-bond acceptors (Lipinski definition) is 7. The van der Waals surface area contributed by atoms with Gasteiger partial charge in [0.15, 0.2) is 5.82 Å². The third-order valence-corrected chi connectivity index (χ3v) is 3.76. The molecule has 0 amide bonds. The van der Waals surface area contributed by atoms with Crippen molar-refractivity contribution in [2.45, 2.75) is 12.6 Å². The quantitative estimate of drug-likeness (QED) is 0.738. The van der Waals surface area contributed by atoms with Crippen LogP contribution in [0.2, 0.25) is 0 Å². The van der Waals surface area contributed by atoms with Crippen molar-refractivity contribution in [2.24, 2.45) is 0 Å². The van der Waals surface area contributed by atoms with E-state index in [-0.39, 0.29) is 6.10 Å². The van der Waals surface area contributed by atoms with Gasteiger partial charge in [-0.25, -0.2) is 4.98 Å². The van der Waals surface area contributed by atoms with Crippen LogP contribution in [0.25, 0.3) is 0 Å². The summed E-state index contributed by atoms with van der Waals surface area (Å²) in [5, 5.41) is 12.2. The molecule has 0 aliphatic carbocycles. The second-order valence-electron chi connectivity index (χ2n) is 5.41. The van der Waals surface area contributed by atoms with Crippen molar-refractivity contribution in [2.75, 3.05) is 44.7 Å². The van der Waals surface area contributed by atoms with Crippen molar-refractivity contribution in [3.8, 4) is 0 Å². The molecule has 2 aromatic heterocycles. The lowest BCUT2D eigenvalue weighted by molar-refractivity contribution is -0.0247. The van der Waals surface area contributed by atoms with Crippen LogP contribution in [0.3, 0.4) is 0 Å². The maximum Gasteiger partial charge on any atom is 0.151 e. The third kappa shape index (κ3) is 3.99. The molecule has 8 nitrogen and oxygen atoms in total. The Hall–Kier alpha value is -2.06. The predicted molar refractivity (Wildman–Crippen MR) is 81.5 cm³/mol. The van der Waals surface area contributed by atoms with E-state index in [1.807, 2.05) is 23.9 Å². The van der Waals surface area contributed by atoms with Gasteiger partial charge in [0.25, 0.3) is 0 Å². The van der Waals surface area contributed by atoms with Crippen molar-refractivity contribution in [3.05, 3.63) is 31.0 Å². The maximum atomic E-state index is 5.87. The van der Waals surface area contributed by atoms with Crippen LogP contribution in [0.15, 0.2) is 31.0 Å². The summed E-state index contributed by atoms with van der Waals surface area (Å²) >= 11 is 0. The van der Waals surface area contributed by atoms with E-state index in [0.717, 1.165) is 45.1 Å². The largest absolute Gasteiger partial charge is 0.374 e. The van der Waals surface area contributed by atoms with Crippen LogP contribution >= 0.6 is 0 Å². The number of morpholine rings is 1. The standard InChI is InChI=1S/C14H21N7O/c1-19(14-3-2-4-16-18-14)9-13-10-20(7-8-22-13)5-6-21-12-15-11-17-21/h2-4,11-13H,5-10H2,1H3/t13-/m1/s1. The van der Waals surface area contributed by atoms with Gasteiger partial charge in [-0.2, -0.15) is 10.2 Å². The Kier molecular flexibility index (Phi) is 4.92. The number of likely N-dealkylation sites (N-methyl/N-ethyl adjacent to an activating group) is 1. The lowest BCUT2D eigenvalue weighted by Crippen LogP contribution is -2.48. The van der Waals surface area contributed by atoms with E-state index >= 15 is 0 Å². The second-order valence-corrected chi connectivity index (χ2v) is 5.41. The molecular formula is C14H21N7O. The average molecular weight is 303 g/mol. The number of aromatic nitrogens is 5. The van der Waals surface area contributed by atoms with Gasteiger partial charge in [0.05, 0.1) is 19.3 Å². The predicted octanol–water partition coefficient (Wildman–Crippen LogP) is -0.0947. The van der Waals surface area contributed by atoms with Gasteiger partial charge in [0, 0.05) is 39.4 Å². The summed E-state index contributed by atoms with van der Waals surface area (Å²) < 4.78 is 7.73. The molecule has 118 valence electrons. The van der Waals surface area contributed by atoms with Crippen LogP contribution in [0, 0.1) is 0 Å². The molecule has 0 aromatic carbocycles. The molecule has 8 heteroatoms. The molecule has 0 spiro atoms. The first-order valence-electron chi connectivity index (χ1n) is 7.46.